The molecule has 0 radical (unpaired) electrons. The predicted octanol–water partition coefficient (Wildman–Crippen LogP) is 2.66. The number of rotatable bonds is 8. The number of nitrogens with one attached hydrogen (secondary N) is 2. The number of nitrogens with zero attached hydrogens (tertiary/aromatic N) is 2. The van der Waals surface area contributed by atoms with Gasteiger partial charge in [0.1, 0.15) is 5.82 Å². The van der Waals surface area contributed by atoms with Gasteiger partial charge in [-0.2, -0.15) is 0 Å². The summed E-state index contributed by atoms with van der Waals surface area (Å²) in [6, 6.07) is 3.00. The molecule has 0 aromatic carbocycles. The lowest BCUT2D eigenvalue weighted by atomic mass is 10.1. The molecule has 1 aromatic rings. The minimum absolute atomic E-state index is 0.0404. The molecule has 0 aliphatic carbocycles. The normalized spacial score (nSPS) is 11.9. The Kier molecular flexibility index (Phi) is 6.01. The number of anilines is 2. The minimum atomic E-state index is -0.450. The topological polar surface area (TPSA) is 106 Å². The number of hydrogen-bond donors (Lipinski definition) is 3. The Morgan fingerprint density at radius 2 is 2.21 bits per heavy atom. The van der Waals surface area contributed by atoms with Crippen molar-refractivity contribution in [2.45, 2.75) is 45.6 Å². The van der Waals surface area contributed by atoms with Crippen LogP contribution in [0.25, 0.3) is 0 Å². The molecule has 0 aliphatic rings. The molecule has 4 N–H and O–H groups in total. The summed E-state index contributed by atoms with van der Waals surface area (Å²) < 4.78 is 0. The zero-order valence-corrected chi connectivity index (χ0v) is 11.3. The third-order valence-corrected chi connectivity index (χ3v) is 2.84. The SMILES string of the molecule is CCCCCC(C)Nc1nc(NN)ccc1[N+](=O)[O-]. The Hall–Kier alpha value is -1.89. The van der Waals surface area contributed by atoms with Gasteiger partial charge in [-0.15, -0.1) is 0 Å². The van der Waals surface area contributed by atoms with E-state index in [1.807, 2.05) is 6.92 Å². The second-order valence-electron chi connectivity index (χ2n) is 4.51. The van der Waals surface area contributed by atoms with Gasteiger partial charge in [0.2, 0.25) is 5.82 Å². The quantitative estimate of drug-likeness (QED) is 0.289. The second kappa shape index (κ2) is 7.52. The largest absolute Gasteiger partial charge is 0.362 e. The van der Waals surface area contributed by atoms with E-state index in [-0.39, 0.29) is 17.5 Å². The van der Waals surface area contributed by atoms with Crippen molar-refractivity contribution in [3.8, 4) is 0 Å². The van der Waals surface area contributed by atoms with E-state index in [0.29, 0.717) is 5.82 Å². The Morgan fingerprint density at radius 3 is 2.79 bits per heavy atom. The van der Waals surface area contributed by atoms with Crippen molar-refractivity contribution in [2.75, 3.05) is 10.7 Å². The number of unbranched alkanes of at least 4 members (excludes halogenated alkanes) is 2. The third kappa shape index (κ3) is 4.70. The van der Waals surface area contributed by atoms with Crippen molar-refractivity contribution < 1.29 is 4.92 Å². The Bertz CT molecular complexity index is 425. The van der Waals surface area contributed by atoms with Crippen molar-refractivity contribution in [1.29, 1.82) is 0 Å². The van der Waals surface area contributed by atoms with Crippen molar-refractivity contribution in [2.24, 2.45) is 5.84 Å². The van der Waals surface area contributed by atoms with E-state index in [4.69, 9.17) is 5.84 Å². The number of hydrazine groups is 1. The predicted molar refractivity (Wildman–Crippen MR) is 75.9 cm³/mol. The smallest absolute Gasteiger partial charge is 0.311 e. The zero-order valence-electron chi connectivity index (χ0n) is 11.3. The molecule has 106 valence electrons. The van der Waals surface area contributed by atoms with Crippen molar-refractivity contribution in [1.82, 2.24) is 4.98 Å². The summed E-state index contributed by atoms with van der Waals surface area (Å²) in [6.07, 6.45) is 4.35. The van der Waals surface area contributed by atoms with E-state index in [1.165, 1.54) is 12.1 Å². The highest BCUT2D eigenvalue weighted by atomic mass is 16.6. The number of nitrogens with two attached hydrogens (primary N) is 1. The highest BCUT2D eigenvalue weighted by Gasteiger charge is 2.17. The summed E-state index contributed by atoms with van der Waals surface area (Å²) in [5.74, 6) is 5.91. The summed E-state index contributed by atoms with van der Waals surface area (Å²) in [5, 5.41) is 14.0. The van der Waals surface area contributed by atoms with Crippen molar-refractivity contribution in [3.05, 3.63) is 22.2 Å². The average molecular weight is 267 g/mol. The van der Waals surface area contributed by atoms with Gasteiger partial charge in [-0.05, 0) is 19.4 Å². The van der Waals surface area contributed by atoms with Gasteiger partial charge in [0.05, 0.1) is 4.92 Å². The summed E-state index contributed by atoms with van der Waals surface area (Å²) in [5.41, 5.74) is 2.34. The molecule has 0 saturated heterocycles. The molecule has 1 heterocycles. The lowest BCUT2D eigenvalue weighted by Gasteiger charge is -2.14. The maximum atomic E-state index is 10.9. The van der Waals surface area contributed by atoms with Gasteiger partial charge in [0, 0.05) is 12.1 Å². The molecule has 1 unspecified atom stereocenters. The number of hydrogen-bond acceptors (Lipinski definition) is 6. The second-order valence-corrected chi connectivity index (χ2v) is 4.51. The molecular formula is C12H21N5O2. The van der Waals surface area contributed by atoms with Gasteiger partial charge in [0.25, 0.3) is 0 Å². The van der Waals surface area contributed by atoms with Crippen LogP contribution in [0.1, 0.15) is 39.5 Å². The van der Waals surface area contributed by atoms with Crippen LogP contribution >= 0.6 is 0 Å². The van der Waals surface area contributed by atoms with Crippen LogP contribution in [0.2, 0.25) is 0 Å². The molecule has 0 saturated carbocycles. The number of nitro groups is 1. The average Bonchev–Trinajstić information content (AvgIpc) is 2.38. The number of pyridine rings is 1. The zero-order chi connectivity index (χ0) is 14.3. The van der Waals surface area contributed by atoms with Gasteiger partial charge in [-0.25, -0.2) is 10.8 Å². The summed E-state index contributed by atoms with van der Waals surface area (Å²) in [7, 11) is 0. The van der Waals surface area contributed by atoms with E-state index >= 15 is 0 Å². The van der Waals surface area contributed by atoms with Gasteiger partial charge < -0.3 is 10.7 Å². The van der Waals surface area contributed by atoms with Crippen LogP contribution in [0.3, 0.4) is 0 Å². The molecule has 0 bridgehead atoms. The van der Waals surface area contributed by atoms with Gasteiger partial charge in [-0.3, -0.25) is 10.1 Å². The van der Waals surface area contributed by atoms with E-state index in [2.05, 4.69) is 22.7 Å². The molecular weight excluding hydrogens is 246 g/mol. The highest BCUT2D eigenvalue weighted by Crippen LogP contribution is 2.24. The minimum Gasteiger partial charge on any atom is -0.362 e. The summed E-state index contributed by atoms with van der Waals surface area (Å²) in [4.78, 5) is 14.6. The molecule has 1 rings (SSSR count). The van der Waals surface area contributed by atoms with Crippen LogP contribution < -0.4 is 16.6 Å². The number of aromatic nitrogens is 1. The fourth-order valence-corrected chi connectivity index (χ4v) is 1.79. The maximum Gasteiger partial charge on any atom is 0.311 e. The van der Waals surface area contributed by atoms with Crippen LogP contribution in [0.5, 0.6) is 0 Å². The standard InChI is InChI=1S/C12H21N5O2/c1-3-4-5-6-9(2)14-12-10(17(18)19)7-8-11(15-12)16-13/h7-9H,3-6,13H2,1-2H3,(H2,14,15,16). The first-order chi connectivity index (χ1) is 9.08. The Morgan fingerprint density at radius 1 is 1.47 bits per heavy atom. The van der Waals surface area contributed by atoms with Gasteiger partial charge in [-0.1, -0.05) is 26.2 Å². The summed E-state index contributed by atoms with van der Waals surface area (Å²) in [6.45, 7) is 4.13. The van der Waals surface area contributed by atoms with Crippen LogP contribution in [-0.2, 0) is 0 Å². The first kappa shape index (κ1) is 15.2. The first-order valence-corrected chi connectivity index (χ1v) is 6.47. The fraction of sp³-hybridized carbons (Fsp3) is 0.583. The summed E-state index contributed by atoms with van der Waals surface area (Å²) >= 11 is 0. The maximum absolute atomic E-state index is 10.9. The lowest BCUT2D eigenvalue weighted by Crippen LogP contribution is -2.18. The Labute approximate surface area is 112 Å². The van der Waals surface area contributed by atoms with Crippen molar-refractivity contribution >= 4 is 17.3 Å². The van der Waals surface area contributed by atoms with Crippen LogP contribution in [0, 0.1) is 10.1 Å². The first-order valence-electron chi connectivity index (χ1n) is 6.47. The molecule has 0 spiro atoms. The Balaban J connectivity index is 2.76. The van der Waals surface area contributed by atoms with Crippen LogP contribution in [0.15, 0.2) is 12.1 Å². The van der Waals surface area contributed by atoms with Crippen LogP contribution in [0.4, 0.5) is 17.3 Å². The van der Waals surface area contributed by atoms with Gasteiger partial charge in [0.15, 0.2) is 0 Å². The van der Waals surface area contributed by atoms with E-state index in [0.717, 1.165) is 25.7 Å². The van der Waals surface area contributed by atoms with E-state index < -0.39 is 4.92 Å². The molecule has 0 fully saturated rings. The number of nitrogen functional groups attached to an aromatic ring is 1. The van der Waals surface area contributed by atoms with Gasteiger partial charge >= 0.3 is 5.69 Å². The molecule has 7 nitrogen and oxygen atoms in total. The molecule has 7 heteroatoms. The molecule has 1 atom stereocenters. The molecule has 0 amide bonds. The highest BCUT2D eigenvalue weighted by molar-refractivity contribution is 5.60. The molecule has 0 aliphatic heterocycles. The molecule has 19 heavy (non-hydrogen) atoms. The van der Waals surface area contributed by atoms with E-state index in [1.54, 1.807) is 0 Å². The molecule has 1 aromatic heterocycles. The van der Waals surface area contributed by atoms with E-state index in [9.17, 15) is 10.1 Å². The van der Waals surface area contributed by atoms with Crippen LogP contribution in [-0.4, -0.2) is 15.9 Å². The third-order valence-electron chi connectivity index (χ3n) is 2.84. The van der Waals surface area contributed by atoms with Crippen molar-refractivity contribution in [3.63, 3.8) is 0 Å². The fourth-order valence-electron chi connectivity index (χ4n) is 1.79. The lowest BCUT2D eigenvalue weighted by molar-refractivity contribution is -0.384. The monoisotopic (exact) mass is 267 g/mol.